The first kappa shape index (κ1) is 29.4. The Morgan fingerprint density at radius 3 is 2.64 bits per heavy atom. The number of piperidine rings is 2. The van der Waals surface area contributed by atoms with E-state index in [-0.39, 0.29) is 6.04 Å². The van der Waals surface area contributed by atoms with Gasteiger partial charge in [0.25, 0.3) is 0 Å². The number of nitrogens with two attached hydrogens (primary N) is 1. The third-order valence-electron chi connectivity index (χ3n) is 9.74. The summed E-state index contributed by atoms with van der Waals surface area (Å²) in [6.07, 6.45) is 12.3. The first-order chi connectivity index (χ1) is 22.0. The highest BCUT2D eigenvalue weighted by atomic mass is 16.5. The van der Waals surface area contributed by atoms with Crippen LogP contribution >= 0.6 is 0 Å². The van der Waals surface area contributed by atoms with Crippen molar-refractivity contribution >= 4 is 11.3 Å². The summed E-state index contributed by atoms with van der Waals surface area (Å²) in [5, 5.41) is 14.2. The lowest BCUT2D eigenvalue weighted by Gasteiger charge is -2.56. The predicted octanol–water partition coefficient (Wildman–Crippen LogP) is 2.97. The first-order valence-electron chi connectivity index (χ1n) is 15.9. The van der Waals surface area contributed by atoms with Crippen molar-refractivity contribution in [1.82, 2.24) is 34.4 Å². The molecule has 4 saturated heterocycles. The summed E-state index contributed by atoms with van der Waals surface area (Å²) >= 11 is 0. The van der Waals surface area contributed by atoms with Gasteiger partial charge in [-0.3, -0.25) is 14.8 Å². The molecule has 0 aliphatic carbocycles. The van der Waals surface area contributed by atoms with Crippen LogP contribution in [0.5, 0.6) is 11.6 Å². The number of anilines is 1. The Bertz CT molecular complexity index is 1660. The Kier molecular flexibility index (Phi) is 8.23. The van der Waals surface area contributed by atoms with Gasteiger partial charge in [-0.25, -0.2) is 14.5 Å². The third kappa shape index (κ3) is 5.91. The number of nitriles is 1. The Balaban J connectivity index is 1.03. The summed E-state index contributed by atoms with van der Waals surface area (Å²) in [4.78, 5) is 21.3. The van der Waals surface area contributed by atoms with Crippen LogP contribution in [-0.4, -0.2) is 98.9 Å². The number of rotatable bonds is 10. The minimum atomic E-state index is 0.289. The Hall–Kier alpha value is -4.31. The molecule has 8 heterocycles. The third-order valence-corrected chi connectivity index (χ3v) is 9.74. The quantitative estimate of drug-likeness (QED) is 0.285. The highest BCUT2D eigenvalue weighted by Crippen LogP contribution is 2.36. The lowest BCUT2D eigenvalue weighted by atomic mass is 9.87. The average Bonchev–Trinajstić information content (AvgIpc) is 3.51. The molecule has 234 valence electrons. The highest BCUT2D eigenvalue weighted by molar-refractivity contribution is 5.83. The molecule has 12 nitrogen and oxygen atoms in total. The van der Waals surface area contributed by atoms with Crippen LogP contribution in [0.4, 0.5) is 5.82 Å². The van der Waals surface area contributed by atoms with Crippen molar-refractivity contribution in [3.63, 3.8) is 0 Å². The molecule has 4 aliphatic heterocycles. The summed E-state index contributed by atoms with van der Waals surface area (Å²) in [6, 6.07) is 9.45. The minimum Gasteiger partial charge on any atom is -0.491 e. The second-order valence-corrected chi connectivity index (χ2v) is 12.4. The molecule has 4 aromatic rings. The van der Waals surface area contributed by atoms with E-state index in [1.165, 1.54) is 12.0 Å². The monoisotopic (exact) mass is 608 g/mol. The van der Waals surface area contributed by atoms with E-state index in [9.17, 15) is 5.26 Å². The molecule has 4 aliphatic rings. The van der Waals surface area contributed by atoms with E-state index in [1.54, 1.807) is 24.0 Å². The van der Waals surface area contributed by atoms with Crippen LogP contribution in [0.15, 0.2) is 49.2 Å². The largest absolute Gasteiger partial charge is 0.491 e. The Labute approximate surface area is 263 Å². The van der Waals surface area contributed by atoms with Crippen LogP contribution in [0.2, 0.25) is 0 Å². The van der Waals surface area contributed by atoms with Crippen molar-refractivity contribution in [3.05, 3.63) is 60.3 Å². The van der Waals surface area contributed by atoms with Crippen molar-refractivity contribution in [3.8, 4) is 29.0 Å². The number of aromatic nitrogens is 5. The summed E-state index contributed by atoms with van der Waals surface area (Å²) in [7, 11) is 1.63. The molecular formula is C33H40N10O2. The number of likely N-dealkylation sites (tertiary alicyclic amines) is 1. The number of piperazine rings is 1. The maximum atomic E-state index is 9.79. The van der Waals surface area contributed by atoms with Crippen LogP contribution < -0.4 is 20.1 Å². The summed E-state index contributed by atoms with van der Waals surface area (Å²) in [5.41, 5.74) is 10.1. The Morgan fingerprint density at radius 1 is 1.07 bits per heavy atom. The molecule has 8 rings (SSSR count). The van der Waals surface area contributed by atoms with E-state index in [0.717, 1.165) is 63.5 Å². The summed E-state index contributed by atoms with van der Waals surface area (Å²) < 4.78 is 13.1. The standard InChI is InChI=1S/C33H40N10O2/c1-3-23-18-40(7-6-29(23)35)8-9-45-27-11-28(33-24(12-34)14-39-43(33)21-27)30-15-37-31(16-36-30)41-19-25-10-26(20-41)42(25)17-22-4-5-32(44-2)38-13-22/h4-5,11,13-16,21,23,25-26,29H,3,6-10,17-20,35H2,1-2H3. The van der Waals surface area contributed by atoms with Crippen molar-refractivity contribution in [1.29, 1.82) is 5.26 Å². The van der Waals surface area contributed by atoms with Gasteiger partial charge in [-0.1, -0.05) is 19.4 Å². The SMILES string of the molecule is CCC1CN(CCOc2cc(-c3cnc(N4CC5CC(C4)N5Cc4ccc(OC)nc4)cn3)c3c(C#N)cnn3c2)CCC1N. The fourth-order valence-corrected chi connectivity index (χ4v) is 7.10. The van der Waals surface area contributed by atoms with Gasteiger partial charge in [0.15, 0.2) is 0 Å². The van der Waals surface area contributed by atoms with Crippen LogP contribution in [0.25, 0.3) is 16.8 Å². The molecule has 0 aromatic carbocycles. The molecule has 45 heavy (non-hydrogen) atoms. The van der Waals surface area contributed by atoms with Crippen molar-refractivity contribution < 1.29 is 9.47 Å². The van der Waals surface area contributed by atoms with E-state index < -0.39 is 0 Å². The number of hydrogen-bond donors (Lipinski definition) is 1. The molecule has 12 heteroatoms. The van der Waals surface area contributed by atoms with E-state index in [2.05, 4.69) is 43.8 Å². The van der Waals surface area contributed by atoms with Gasteiger partial charge in [0, 0.05) is 68.7 Å². The summed E-state index contributed by atoms with van der Waals surface area (Å²) in [5.74, 6) is 2.71. The smallest absolute Gasteiger partial charge is 0.212 e. The van der Waals surface area contributed by atoms with Crippen LogP contribution in [0, 0.1) is 17.2 Å². The van der Waals surface area contributed by atoms with Crippen LogP contribution in [-0.2, 0) is 6.54 Å². The second kappa shape index (κ2) is 12.6. The lowest BCUT2D eigenvalue weighted by Crippen LogP contribution is -2.68. The molecule has 2 N–H and O–H groups in total. The van der Waals surface area contributed by atoms with Gasteiger partial charge in [-0.05, 0) is 36.9 Å². The molecule has 0 amide bonds. The zero-order chi connectivity index (χ0) is 30.9. The number of pyridine rings is 2. The fourth-order valence-electron chi connectivity index (χ4n) is 7.10. The second-order valence-electron chi connectivity index (χ2n) is 12.4. The van der Waals surface area contributed by atoms with Crippen LogP contribution in [0.1, 0.15) is 37.3 Å². The van der Waals surface area contributed by atoms with Crippen molar-refractivity contribution in [2.24, 2.45) is 11.7 Å². The molecule has 0 spiro atoms. The number of fused-ring (bicyclic) bond motifs is 3. The van der Waals surface area contributed by atoms with Gasteiger partial charge in [-0.15, -0.1) is 0 Å². The van der Waals surface area contributed by atoms with Gasteiger partial charge in [-0.2, -0.15) is 10.4 Å². The number of ether oxygens (including phenoxy) is 2. The molecule has 4 fully saturated rings. The molecule has 4 aromatic heterocycles. The average molecular weight is 609 g/mol. The van der Waals surface area contributed by atoms with Gasteiger partial charge in [0.2, 0.25) is 5.88 Å². The van der Waals surface area contributed by atoms with E-state index in [4.69, 9.17) is 25.2 Å². The zero-order valence-electron chi connectivity index (χ0n) is 25.9. The first-order valence-corrected chi connectivity index (χ1v) is 15.9. The van der Waals surface area contributed by atoms with E-state index >= 15 is 0 Å². The molecule has 2 bridgehead atoms. The van der Waals surface area contributed by atoms with Crippen molar-refractivity contribution in [2.75, 3.05) is 51.3 Å². The van der Waals surface area contributed by atoms with Gasteiger partial charge in [0.05, 0.1) is 48.7 Å². The molecule has 4 atom stereocenters. The fraction of sp³-hybridized carbons (Fsp3) is 0.485. The summed E-state index contributed by atoms with van der Waals surface area (Å²) in [6.45, 7) is 8.30. The van der Waals surface area contributed by atoms with Crippen LogP contribution in [0.3, 0.4) is 0 Å². The molecular weight excluding hydrogens is 568 g/mol. The van der Waals surface area contributed by atoms with E-state index in [1.807, 2.05) is 30.7 Å². The van der Waals surface area contributed by atoms with Gasteiger partial charge >= 0.3 is 0 Å². The lowest BCUT2D eigenvalue weighted by molar-refractivity contribution is -0.00879. The van der Waals surface area contributed by atoms with Gasteiger partial charge in [0.1, 0.15) is 24.2 Å². The maximum absolute atomic E-state index is 9.79. The van der Waals surface area contributed by atoms with E-state index in [0.29, 0.717) is 53.0 Å². The number of methoxy groups -OCH3 is 1. The number of nitrogens with zero attached hydrogens (tertiary/aromatic N) is 9. The zero-order valence-corrected chi connectivity index (χ0v) is 25.9. The normalized spacial score (nSPS) is 23.5. The molecule has 0 saturated carbocycles. The highest BCUT2D eigenvalue weighted by Gasteiger charge is 2.44. The van der Waals surface area contributed by atoms with Gasteiger partial charge < -0.3 is 20.1 Å². The molecule has 4 unspecified atom stereocenters. The predicted molar refractivity (Wildman–Crippen MR) is 170 cm³/mol. The van der Waals surface area contributed by atoms with Crippen molar-refractivity contribution in [2.45, 2.75) is 50.9 Å². The Morgan fingerprint density at radius 2 is 1.93 bits per heavy atom. The number of hydrogen-bond acceptors (Lipinski definition) is 11. The molecule has 0 radical (unpaired) electrons. The maximum Gasteiger partial charge on any atom is 0.212 e. The minimum absolute atomic E-state index is 0.289. The topological polar surface area (TPSA) is 134 Å².